The molecule has 0 aliphatic heterocycles. The molecule has 0 aliphatic carbocycles. The van der Waals surface area contributed by atoms with Crippen LogP contribution in [0.3, 0.4) is 0 Å². The summed E-state index contributed by atoms with van der Waals surface area (Å²) in [5.41, 5.74) is 3.35. The second-order valence-corrected chi connectivity index (χ2v) is 4.69. The standard InChI is InChI=1S/C13H12N2OS/c1-15-7-10(9-5-3-4-6-12(9)15)11-8-17-13(14-11)16-2/h3-8H,1-2H3. The summed E-state index contributed by atoms with van der Waals surface area (Å²) in [5.74, 6) is 0. The number of aryl methyl sites for hydroxylation is 1. The van der Waals surface area contributed by atoms with Gasteiger partial charge in [-0.3, -0.25) is 0 Å². The Kier molecular flexibility index (Phi) is 2.37. The summed E-state index contributed by atoms with van der Waals surface area (Å²) in [6.07, 6.45) is 2.11. The zero-order valence-corrected chi connectivity index (χ0v) is 10.5. The summed E-state index contributed by atoms with van der Waals surface area (Å²) in [6.45, 7) is 0. The molecule has 0 spiro atoms. The largest absolute Gasteiger partial charge is 0.473 e. The van der Waals surface area contributed by atoms with E-state index in [0.717, 1.165) is 11.3 Å². The van der Waals surface area contributed by atoms with E-state index < -0.39 is 0 Å². The number of nitrogens with zero attached hydrogens (tertiary/aromatic N) is 2. The van der Waals surface area contributed by atoms with Crippen molar-refractivity contribution in [2.24, 2.45) is 7.05 Å². The van der Waals surface area contributed by atoms with Gasteiger partial charge in [-0.15, -0.1) is 0 Å². The van der Waals surface area contributed by atoms with Crippen molar-refractivity contribution in [3.63, 3.8) is 0 Å². The van der Waals surface area contributed by atoms with Gasteiger partial charge in [-0.25, -0.2) is 4.98 Å². The normalized spacial score (nSPS) is 10.9. The fourth-order valence-electron chi connectivity index (χ4n) is 2.02. The van der Waals surface area contributed by atoms with E-state index >= 15 is 0 Å². The molecule has 0 radical (unpaired) electrons. The third kappa shape index (κ3) is 1.61. The second-order valence-electron chi connectivity index (χ2n) is 3.87. The minimum absolute atomic E-state index is 0.702. The third-order valence-corrected chi connectivity index (χ3v) is 3.63. The summed E-state index contributed by atoms with van der Waals surface area (Å²) in [7, 11) is 3.70. The topological polar surface area (TPSA) is 27.1 Å². The van der Waals surface area contributed by atoms with Crippen molar-refractivity contribution in [3.8, 4) is 16.5 Å². The van der Waals surface area contributed by atoms with Crippen LogP contribution in [0.25, 0.3) is 22.2 Å². The van der Waals surface area contributed by atoms with Gasteiger partial charge in [0.05, 0.1) is 12.8 Å². The van der Waals surface area contributed by atoms with Crippen LogP contribution < -0.4 is 4.74 Å². The van der Waals surface area contributed by atoms with Gasteiger partial charge in [0.15, 0.2) is 0 Å². The number of methoxy groups -OCH3 is 1. The Balaban J connectivity index is 2.23. The van der Waals surface area contributed by atoms with Crippen LogP contribution >= 0.6 is 11.3 Å². The third-order valence-electron chi connectivity index (χ3n) is 2.83. The van der Waals surface area contributed by atoms with E-state index in [2.05, 4.69) is 41.0 Å². The summed E-state index contributed by atoms with van der Waals surface area (Å²) in [6, 6.07) is 8.34. The Labute approximate surface area is 103 Å². The van der Waals surface area contributed by atoms with Crippen molar-refractivity contribution in [2.45, 2.75) is 0 Å². The molecule has 3 rings (SSSR count). The first-order valence-electron chi connectivity index (χ1n) is 5.33. The maximum absolute atomic E-state index is 5.14. The highest BCUT2D eigenvalue weighted by molar-refractivity contribution is 7.11. The van der Waals surface area contributed by atoms with Gasteiger partial charge in [-0.2, -0.15) is 0 Å². The molecule has 4 heteroatoms. The van der Waals surface area contributed by atoms with Crippen LogP contribution in [-0.4, -0.2) is 16.7 Å². The number of benzene rings is 1. The average Bonchev–Trinajstić information content (AvgIpc) is 2.95. The lowest BCUT2D eigenvalue weighted by Gasteiger charge is -1.94. The van der Waals surface area contributed by atoms with Gasteiger partial charge in [-0.1, -0.05) is 29.5 Å². The number of thiazole rings is 1. The molecule has 0 N–H and O–H groups in total. The first-order valence-corrected chi connectivity index (χ1v) is 6.21. The Morgan fingerprint density at radius 2 is 2.12 bits per heavy atom. The molecule has 3 aromatic rings. The molecule has 2 aromatic heterocycles. The van der Waals surface area contributed by atoms with Crippen molar-refractivity contribution in [3.05, 3.63) is 35.8 Å². The molecule has 2 heterocycles. The molecule has 0 amide bonds. The molecular weight excluding hydrogens is 232 g/mol. The molecule has 0 atom stereocenters. The number of hydrogen-bond acceptors (Lipinski definition) is 3. The maximum Gasteiger partial charge on any atom is 0.273 e. The van der Waals surface area contributed by atoms with Crippen LogP contribution in [-0.2, 0) is 7.05 Å². The Morgan fingerprint density at radius 3 is 2.88 bits per heavy atom. The maximum atomic E-state index is 5.14. The van der Waals surface area contributed by atoms with Crippen molar-refractivity contribution >= 4 is 22.2 Å². The van der Waals surface area contributed by atoms with Crippen LogP contribution in [0, 0.1) is 0 Å². The Bertz CT molecular complexity index is 669. The molecule has 86 valence electrons. The second kappa shape index (κ2) is 3.89. The molecule has 17 heavy (non-hydrogen) atoms. The number of fused-ring (bicyclic) bond motifs is 1. The van der Waals surface area contributed by atoms with E-state index in [1.807, 2.05) is 11.4 Å². The van der Waals surface area contributed by atoms with Crippen LogP contribution in [0.1, 0.15) is 0 Å². The van der Waals surface area contributed by atoms with E-state index in [1.54, 1.807) is 7.11 Å². The highest BCUT2D eigenvalue weighted by Gasteiger charge is 2.11. The molecule has 0 aliphatic rings. The molecule has 1 aromatic carbocycles. The summed E-state index contributed by atoms with van der Waals surface area (Å²) < 4.78 is 7.26. The van der Waals surface area contributed by atoms with Gasteiger partial charge in [0, 0.05) is 35.1 Å². The first kappa shape index (κ1) is 10.4. The molecular formula is C13H12N2OS. The number of hydrogen-bond donors (Lipinski definition) is 0. The van der Waals surface area contributed by atoms with Gasteiger partial charge >= 0.3 is 0 Å². The molecule has 0 saturated heterocycles. The SMILES string of the molecule is COc1nc(-c2cn(C)c3ccccc23)cs1. The van der Waals surface area contributed by atoms with E-state index in [-0.39, 0.29) is 0 Å². The molecule has 0 fully saturated rings. The van der Waals surface area contributed by atoms with Crippen molar-refractivity contribution in [2.75, 3.05) is 7.11 Å². The lowest BCUT2D eigenvalue weighted by Crippen LogP contribution is -1.82. The van der Waals surface area contributed by atoms with Crippen LogP contribution in [0.15, 0.2) is 35.8 Å². The summed E-state index contributed by atoms with van der Waals surface area (Å²) in [4.78, 5) is 4.45. The highest BCUT2D eigenvalue weighted by atomic mass is 32.1. The monoisotopic (exact) mass is 244 g/mol. The van der Waals surface area contributed by atoms with E-state index in [4.69, 9.17) is 4.74 Å². The van der Waals surface area contributed by atoms with Gasteiger partial charge < -0.3 is 9.30 Å². The van der Waals surface area contributed by atoms with Crippen LogP contribution in [0.4, 0.5) is 0 Å². The summed E-state index contributed by atoms with van der Waals surface area (Å²) in [5, 5.41) is 3.96. The number of ether oxygens (including phenoxy) is 1. The molecule has 0 unspecified atom stereocenters. The Morgan fingerprint density at radius 1 is 1.29 bits per heavy atom. The predicted octanol–water partition coefficient (Wildman–Crippen LogP) is 3.31. The van der Waals surface area contributed by atoms with Gasteiger partial charge in [0.25, 0.3) is 5.19 Å². The van der Waals surface area contributed by atoms with Crippen molar-refractivity contribution in [1.29, 1.82) is 0 Å². The molecule has 0 bridgehead atoms. The predicted molar refractivity (Wildman–Crippen MR) is 70.6 cm³/mol. The van der Waals surface area contributed by atoms with Gasteiger partial charge in [0.1, 0.15) is 0 Å². The zero-order chi connectivity index (χ0) is 11.8. The first-order chi connectivity index (χ1) is 8.29. The lowest BCUT2D eigenvalue weighted by atomic mass is 10.1. The van der Waals surface area contributed by atoms with E-state index in [0.29, 0.717) is 5.19 Å². The zero-order valence-electron chi connectivity index (χ0n) is 9.68. The fraction of sp³-hybridized carbons (Fsp3) is 0.154. The van der Waals surface area contributed by atoms with Crippen LogP contribution in [0.2, 0.25) is 0 Å². The van der Waals surface area contributed by atoms with Crippen LogP contribution in [0.5, 0.6) is 5.19 Å². The smallest absolute Gasteiger partial charge is 0.273 e. The molecule has 3 nitrogen and oxygen atoms in total. The minimum Gasteiger partial charge on any atom is -0.473 e. The Hall–Kier alpha value is -1.81. The van der Waals surface area contributed by atoms with Crippen molar-refractivity contribution in [1.82, 2.24) is 9.55 Å². The van der Waals surface area contributed by atoms with Crippen molar-refractivity contribution < 1.29 is 4.74 Å². The number of aromatic nitrogens is 2. The summed E-state index contributed by atoms with van der Waals surface area (Å²) >= 11 is 1.52. The van der Waals surface area contributed by atoms with Gasteiger partial charge in [0.2, 0.25) is 0 Å². The fourth-order valence-corrected chi connectivity index (χ4v) is 2.66. The van der Waals surface area contributed by atoms with E-state index in [9.17, 15) is 0 Å². The van der Waals surface area contributed by atoms with E-state index in [1.165, 1.54) is 22.2 Å². The average molecular weight is 244 g/mol. The van der Waals surface area contributed by atoms with Gasteiger partial charge in [-0.05, 0) is 6.07 Å². The minimum atomic E-state index is 0.702. The highest BCUT2D eigenvalue weighted by Crippen LogP contribution is 2.32. The number of rotatable bonds is 2. The number of para-hydroxylation sites is 1. The molecule has 0 saturated carbocycles. The quantitative estimate of drug-likeness (QED) is 0.691. The lowest BCUT2D eigenvalue weighted by molar-refractivity contribution is 0.412.